The van der Waals surface area contributed by atoms with Crippen molar-refractivity contribution in [3.8, 4) is 0 Å². The summed E-state index contributed by atoms with van der Waals surface area (Å²) >= 11 is 0. The zero-order chi connectivity index (χ0) is 13.1. The number of alkyl halides is 2. The molecular weight excluding hydrogens is 232 g/mol. The van der Waals surface area contributed by atoms with Crippen molar-refractivity contribution in [1.29, 1.82) is 0 Å². The topological polar surface area (TPSA) is 58.6 Å². The molecule has 1 fully saturated rings. The molecule has 2 unspecified atom stereocenters. The van der Waals surface area contributed by atoms with Gasteiger partial charge in [-0.05, 0) is 19.8 Å². The summed E-state index contributed by atoms with van der Waals surface area (Å²) in [5.41, 5.74) is -0.320. The molecule has 1 heterocycles. The molecule has 0 saturated carbocycles. The Labute approximate surface area is 99.3 Å². The standard InChI is InChI=1S/C11H19F2NO3/c1-3-10(2,4-5-15)14-7-8-6-11(12,13)9(16)17-8/h8,14-15H,3-7H2,1-2H3. The maximum atomic E-state index is 12.9. The van der Waals surface area contributed by atoms with E-state index in [1.54, 1.807) is 0 Å². The highest BCUT2D eigenvalue weighted by Gasteiger charge is 2.50. The van der Waals surface area contributed by atoms with E-state index in [4.69, 9.17) is 5.11 Å². The number of nitrogens with one attached hydrogen (secondary N) is 1. The second-order valence-corrected chi connectivity index (χ2v) is 4.70. The van der Waals surface area contributed by atoms with Gasteiger partial charge in [-0.3, -0.25) is 0 Å². The Balaban J connectivity index is 2.44. The van der Waals surface area contributed by atoms with Crippen LogP contribution in [0.1, 0.15) is 33.1 Å². The van der Waals surface area contributed by atoms with Gasteiger partial charge in [0.15, 0.2) is 0 Å². The van der Waals surface area contributed by atoms with Gasteiger partial charge in [0.1, 0.15) is 6.10 Å². The molecule has 17 heavy (non-hydrogen) atoms. The van der Waals surface area contributed by atoms with E-state index in [-0.39, 0.29) is 18.7 Å². The summed E-state index contributed by atoms with van der Waals surface area (Å²) in [6.07, 6.45) is -0.0785. The maximum Gasteiger partial charge on any atom is 0.377 e. The molecule has 6 heteroatoms. The summed E-state index contributed by atoms with van der Waals surface area (Å²) < 4.78 is 30.4. The first-order chi connectivity index (χ1) is 7.83. The third-order valence-corrected chi connectivity index (χ3v) is 3.26. The summed E-state index contributed by atoms with van der Waals surface area (Å²) in [5.74, 6) is -4.80. The number of rotatable bonds is 6. The van der Waals surface area contributed by atoms with Crippen molar-refractivity contribution in [3.63, 3.8) is 0 Å². The Morgan fingerprint density at radius 3 is 2.71 bits per heavy atom. The van der Waals surface area contributed by atoms with Crippen molar-refractivity contribution in [2.45, 2.75) is 50.7 Å². The van der Waals surface area contributed by atoms with Crippen molar-refractivity contribution >= 4 is 5.97 Å². The zero-order valence-corrected chi connectivity index (χ0v) is 10.1. The van der Waals surface area contributed by atoms with Crippen LogP contribution in [-0.2, 0) is 9.53 Å². The lowest BCUT2D eigenvalue weighted by Crippen LogP contribution is -2.46. The van der Waals surface area contributed by atoms with E-state index in [0.717, 1.165) is 6.42 Å². The van der Waals surface area contributed by atoms with E-state index in [0.29, 0.717) is 6.42 Å². The van der Waals surface area contributed by atoms with Crippen LogP contribution in [0.4, 0.5) is 8.78 Å². The fraction of sp³-hybridized carbons (Fsp3) is 0.909. The molecule has 1 aliphatic heterocycles. The molecule has 0 aromatic heterocycles. The van der Waals surface area contributed by atoms with Crippen LogP contribution in [0.5, 0.6) is 0 Å². The highest BCUT2D eigenvalue weighted by molar-refractivity contribution is 5.79. The average molecular weight is 251 g/mol. The first kappa shape index (κ1) is 14.3. The zero-order valence-electron chi connectivity index (χ0n) is 10.1. The summed E-state index contributed by atoms with van der Waals surface area (Å²) in [5, 5.41) is 12.0. The van der Waals surface area contributed by atoms with Crippen LogP contribution in [0.2, 0.25) is 0 Å². The van der Waals surface area contributed by atoms with Crippen LogP contribution in [0.25, 0.3) is 0 Å². The molecule has 0 spiro atoms. The second-order valence-electron chi connectivity index (χ2n) is 4.70. The number of ether oxygens (including phenoxy) is 1. The van der Waals surface area contributed by atoms with Gasteiger partial charge in [-0.2, -0.15) is 8.78 Å². The van der Waals surface area contributed by atoms with Gasteiger partial charge in [0.05, 0.1) is 6.42 Å². The smallest absolute Gasteiger partial charge is 0.377 e. The Bertz CT molecular complexity index is 286. The molecule has 2 N–H and O–H groups in total. The molecule has 100 valence electrons. The lowest BCUT2D eigenvalue weighted by Gasteiger charge is -2.30. The highest BCUT2D eigenvalue weighted by Crippen LogP contribution is 2.30. The minimum atomic E-state index is -3.36. The van der Waals surface area contributed by atoms with Crippen molar-refractivity contribution < 1.29 is 23.4 Å². The summed E-state index contributed by atoms with van der Waals surface area (Å²) in [6, 6.07) is 0. The molecule has 0 aliphatic carbocycles. The van der Waals surface area contributed by atoms with Gasteiger partial charge in [0, 0.05) is 18.7 Å². The average Bonchev–Trinajstić information content (AvgIpc) is 2.51. The number of aliphatic hydroxyl groups excluding tert-OH is 1. The van der Waals surface area contributed by atoms with Crippen molar-refractivity contribution in [3.05, 3.63) is 0 Å². The van der Waals surface area contributed by atoms with Gasteiger partial charge in [-0.15, -0.1) is 0 Å². The molecular formula is C11H19F2NO3. The van der Waals surface area contributed by atoms with Gasteiger partial charge in [-0.25, -0.2) is 4.79 Å². The molecule has 1 aliphatic rings. The van der Waals surface area contributed by atoms with Crippen molar-refractivity contribution in [2.24, 2.45) is 0 Å². The quantitative estimate of drug-likeness (QED) is 0.693. The lowest BCUT2D eigenvalue weighted by atomic mass is 9.94. The predicted octanol–water partition coefficient (Wildman–Crippen LogP) is 1.08. The second kappa shape index (κ2) is 5.27. The molecule has 1 rings (SSSR count). The minimum Gasteiger partial charge on any atom is -0.456 e. The van der Waals surface area contributed by atoms with E-state index in [1.807, 2.05) is 13.8 Å². The normalized spacial score (nSPS) is 26.6. The Morgan fingerprint density at radius 2 is 2.29 bits per heavy atom. The summed E-state index contributed by atoms with van der Waals surface area (Å²) in [7, 11) is 0. The van der Waals surface area contributed by atoms with E-state index in [2.05, 4.69) is 10.1 Å². The molecule has 0 amide bonds. The van der Waals surface area contributed by atoms with Gasteiger partial charge in [-0.1, -0.05) is 6.92 Å². The van der Waals surface area contributed by atoms with E-state index in [9.17, 15) is 13.6 Å². The molecule has 4 nitrogen and oxygen atoms in total. The molecule has 0 radical (unpaired) electrons. The number of hydrogen-bond acceptors (Lipinski definition) is 4. The number of hydrogen-bond donors (Lipinski definition) is 2. The number of aliphatic hydroxyl groups is 1. The number of cyclic esters (lactones) is 1. The minimum absolute atomic E-state index is 0.0257. The van der Waals surface area contributed by atoms with Crippen LogP contribution in [0, 0.1) is 0 Å². The van der Waals surface area contributed by atoms with Crippen molar-refractivity contribution in [1.82, 2.24) is 5.32 Å². The first-order valence-corrected chi connectivity index (χ1v) is 5.78. The maximum absolute atomic E-state index is 12.9. The van der Waals surface area contributed by atoms with Gasteiger partial charge >= 0.3 is 11.9 Å². The fourth-order valence-electron chi connectivity index (χ4n) is 1.76. The fourth-order valence-corrected chi connectivity index (χ4v) is 1.76. The number of esters is 1. The van der Waals surface area contributed by atoms with Crippen LogP contribution >= 0.6 is 0 Å². The number of carbonyl (C=O) groups excluding carboxylic acids is 1. The van der Waals surface area contributed by atoms with Gasteiger partial charge in [0.25, 0.3) is 0 Å². The molecule has 0 aromatic carbocycles. The number of halogens is 2. The van der Waals surface area contributed by atoms with Crippen LogP contribution < -0.4 is 5.32 Å². The molecule has 1 saturated heterocycles. The van der Waals surface area contributed by atoms with Crippen LogP contribution in [0.3, 0.4) is 0 Å². The third kappa shape index (κ3) is 3.61. The monoisotopic (exact) mass is 251 g/mol. The largest absolute Gasteiger partial charge is 0.456 e. The molecule has 0 bridgehead atoms. The van der Waals surface area contributed by atoms with Crippen LogP contribution in [-0.4, -0.2) is 41.8 Å². The SMILES string of the molecule is CCC(C)(CCO)NCC1CC(F)(F)C(=O)O1. The summed E-state index contributed by atoms with van der Waals surface area (Å²) in [6.45, 7) is 4.06. The van der Waals surface area contributed by atoms with Crippen LogP contribution in [0.15, 0.2) is 0 Å². The van der Waals surface area contributed by atoms with Crippen molar-refractivity contribution in [2.75, 3.05) is 13.2 Å². The molecule has 2 atom stereocenters. The van der Waals surface area contributed by atoms with Gasteiger partial charge in [0.2, 0.25) is 0 Å². The lowest BCUT2D eigenvalue weighted by molar-refractivity contribution is -0.159. The highest BCUT2D eigenvalue weighted by atomic mass is 19.3. The number of carbonyl (C=O) groups is 1. The Morgan fingerprint density at radius 1 is 1.65 bits per heavy atom. The third-order valence-electron chi connectivity index (χ3n) is 3.26. The van der Waals surface area contributed by atoms with E-state index < -0.39 is 24.4 Å². The molecule has 0 aromatic rings. The first-order valence-electron chi connectivity index (χ1n) is 5.78. The summed E-state index contributed by atoms with van der Waals surface area (Å²) in [4.78, 5) is 10.8. The van der Waals surface area contributed by atoms with E-state index in [1.165, 1.54) is 0 Å². The Kier molecular flexibility index (Phi) is 4.43. The predicted molar refractivity (Wildman–Crippen MR) is 57.8 cm³/mol. The van der Waals surface area contributed by atoms with E-state index >= 15 is 0 Å². The van der Waals surface area contributed by atoms with Gasteiger partial charge < -0.3 is 15.2 Å². The Hall–Kier alpha value is -0.750.